The monoisotopic (exact) mass is 521 g/mol. The summed E-state index contributed by atoms with van der Waals surface area (Å²) in [6.07, 6.45) is 7.40. The minimum atomic E-state index is -0.0638. The number of allylic oxidation sites excluding steroid dienone is 4. The van der Waals surface area contributed by atoms with Crippen molar-refractivity contribution in [3.8, 4) is 23.0 Å². The fraction of sp³-hybridized carbons (Fsp3) is 0.379. The van der Waals surface area contributed by atoms with Crippen molar-refractivity contribution in [3.63, 3.8) is 0 Å². The minimum absolute atomic E-state index is 0.0638. The molecule has 0 fully saturated rings. The highest BCUT2D eigenvalue weighted by atomic mass is 35.5. The highest BCUT2D eigenvalue weighted by Crippen LogP contribution is 2.41. The van der Waals surface area contributed by atoms with Crippen LogP contribution in [0.1, 0.15) is 60.6 Å². The van der Waals surface area contributed by atoms with Crippen LogP contribution in [0.4, 0.5) is 0 Å². The number of hydrogen-bond donors (Lipinski definition) is 1. The molecule has 3 aliphatic heterocycles. The number of carbonyl (C=O) groups is 2. The molecule has 0 spiro atoms. The summed E-state index contributed by atoms with van der Waals surface area (Å²) >= 11 is 6.41. The second-order valence-electron chi connectivity index (χ2n) is 9.70. The van der Waals surface area contributed by atoms with Gasteiger partial charge in [0.1, 0.15) is 0 Å². The molecule has 1 atom stereocenters. The van der Waals surface area contributed by atoms with Crippen LogP contribution in [0, 0.1) is 0 Å². The van der Waals surface area contributed by atoms with Gasteiger partial charge in [0.2, 0.25) is 13.6 Å². The SMILES string of the molecule is O=C1C=C(CCC(Cl)c2ccc3c(c2)OCO3)CC1.O=C1CCC2=C1c1cc3c(cc1CCN2)OCO3. The lowest BCUT2D eigenvalue weighted by atomic mass is 9.96. The van der Waals surface area contributed by atoms with Gasteiger partial charge in [-0.3, -0.25) is 9.59 Å². The van der Waals surface area contributed by atoms with Crippen molar-refractivity contribution < 1.29 is 28.5 Å². The molecule has 0 amide bonds. The number of fused-ring (bicyclic) bond motifs is 4. The predicted molar refractivity (Wildman–Crippen MR) is 138 cm³/mol. The van der Waals surface area contributed by atoms with E-state index in [1.165, 1.54) is 11.1 Å². The quantitative estimate of drug-likeness (QED) is 0.539. The number of ketones is 2. The van der Waals surface area contributed by atoms with E-state index in [9.17, 15) is 9.59 Å². The van der Waals surface area contributed by atoms with Crippen LogP contribution in [0.15, 0.2) is 47.7 Å². The van der Waals surface area contributed by atoms with Crippen LogP contribution in [-0.2, 0) is 16.0 Å². The lowest BCUT2D eigenvalue weighted by Gasteiger charge is -2.10. The zero-order valence-electron chi connectivity index (χ0n) is 20.4. The lowest BCUT2D eigenvalue weighted by Crippen LogP contribution is -2.13. The standard InChI is InChI=1S/C15H15ClO3.C14H13NO3/c16-13(5-2-10-1-4-12(17)7-10)11-3-6-14-15(8-11)19-9-18-14;16-11-2-1-10-14(11)9-6-13-12(17-7-18-13)5-8(9)3-4-15-10/h3,6-8,13H,1-2,4-5,9H2;5-6,15H,1-4,7H2. The van der Waals surface area contributed by atoms with Gasteiger partial charge in [-0.05, 0) is 79.1 Å². The number of benzene rings is 2. The fourth-order valence-corrected chi connectivity index (χ4v) is 5.60. The van der Waals surface area contributed by atoms with Crippen LogP contribution in [0.5, 0.6) is 23.0 Å². The summed E-state index contributed by atoms with van der Waals surface area (Å²) in [5, 5.41) is 3.31. The topological polar surface area (TPSA) is 83.1 Å². The molecule has 7 rings (SSSR count). The summed E-state index contributed by atoms with van der Waals surface area (Å²) < 4.78 is 21.4. The first-order valence-electron chi connectivity index (χ1n) is 12.7. The van der Waals surface area contributed by atoms with Crippen LogP contribution in [0.2, 0.25) is 0 Å². The van der Waals surface area contributed by atoms with Gasteiger partial charge in [0.25, 0.3) is 0 Å². The second kappa shape index (κ2) is 10.1. The van der Waals surface area contributed by atoms with Crippen molar-refractivity contribution in [1.82, 2.24) is 5.32 Å². The molecular weight excluding hydrogens is 494 g/mol. The number of carbonyl (C=O) groups excluding carboxylic acids is 2. The zero-order chi connectivity index (χ0) is 25.4. The van der Waals surface area contributed by atoms with E-state index in [2.05, 4.69) is 5.32 Å². The third kappa shape index (κ3) is 4.92. The van der Waals surface area contributed by atoms with Gasteiger partial charge in [0.15, 0.2) is 34.6 Å². The number of alkyl halides is 1. The second-order valence-corrected chi connectivity index (χ2v) is 10.2. The summed E-state index contributed by atoms with van der Waals surface area (Å²) in [6.45, 7) is 1.43. The molecule has 0 saturated carbocycles. The van der Waals surface area contributed by atoms with Crippen molar-refractivity contribution in [2.75, 3.05) is 20.1 Å². The third-order valence-electron chi connectivity index (χ3n) is 7.32. The summed E-state index contributed by atoms with van der Waals surface area (Å²) in [4.78, 5) is 23.2. The molecule has 0 aromatic heterocycles. The maximum Gasteiger partial charge on any atom is 0.231 e. The van der Waals surface area contributed by atoms with E-state index in [1.807, 2.05) is 30.3 Å². The van der Waals surface area contributed by atoms with Crippen molar-refractivity contribution in [3.05, 3.63) is 64.4 Å². The molecule has 8 heteroatoms. The Morgan fingerprint density at radius 1 is 0.838 bits per heavy atom. The van der Waals surface area contributed by atoms with E-state index < -0.39 is 0 Å². The van der Waals surface area contributed by atoms with Crippen molar-refractivity contribution in [2.24, 2.45) is 0 Å². The molecule has 0 saturated heterocycles. The van der Waals surface area contributed by atoms with Gasteiger partial charge in [0, 0.05) is 30.7 Å². The molecule has 1 unspecified atom stereocenters. The highest BCUT2D eigenvalue weighted by Gasteiger charge is 2.30. The Hall–Kier alpha value is -3.45. The molecular formula is C29H28ClNO6. The summed E-state index contributed by atoms with van der Waals surface area (Å²) in [7, 11) is 0. The van der Waals surface area contributed by atoms with Gasteiger partial charge in [-0.2, -0.15) is 0 Å². The highest BCUT2D eigenvalue weighted by molar-refractivity contribution is 6.24. The van der Waals surface area contributed by atoms with E-state index >= 15 is 0 Å². The summed E-state index contributed by atoms with van der Waals surface area (Å²) in [5.74, 6) is 3.56. The van der Waals surface area contributed by atoms with Crippen molar-refractivity contribution >= 4 is 28.7 Å². The molecule has 2 aromatic rings. The van der Waals surface area contributed by atoms with E-state index in [1.54, 1.807) is 6.08 Å². The number of hydrogen-bond acceptors (Lipinski definition) is 7. The fourth-order valence-electron chi connectivity index (χ4n) is 5.36. The average molecular weight is 522 g/mol. The Balaban J connectivity index is 0.000000136. The van der Waals surface area contributed by atoms with Crippen LogP contribution in [-0.4, -0.2) is 31.7 Å². The average Bonchev–Trinajstić information content (AvgIpc) is 3.68. The molecule has 37 heavy (non-hydrogen) atoms. The number of halogens is 1. The predicted octanol–water partition coefficient (Wildman–Crippen LogP) is 5.40. The van der Waals surface area contributed by atoms with Crippen LogP contribution in [0.3, 0.4) is 0 Å². The number of nitrogens with one attached hydrogen (secondary N) is 1. The first kappa shape index (κ1) is 23.9. The lowest BCUT2D eigenvalue weighted by molar-refractivity contribution is -0.114. The van der Waals surface area contributed by atoms with Crippen LogP contribution < -0.4 is 24.3 Å². The molecule has 3 heterocycles. The molecule has 0 radical (unpaired) electrons. The number of rotatable bonds is 4. The van der Waals surface area contributed by atoms with Crippen molar-refractivity contribution in [2.45, 2.75) is 50.3 Å². The third-order valence-corrected chi connectivity index (χ3v) is 7.79. The van der Waals surface area contributed by atoms with E-state index in [0.717, 1.165) is 84.0 Å². The Kier molecular flexibility index (Phi) is 6.55. The van der Waals surface area contributed by atoms with Gasteiger partial charge in [0.05, 0.1) is 5.38 Å². The molecule has 2 aromatic carbocycles. The molecule has 192 valence electrons. The van der Waals surface area contributed by atoms with Gasteiger partial charge in [-0.1, -0.05) is 11.6 Å². The molecule has 2 aliphatic carbocycles. The van der Waals surface area contributed by atoms with Crippen LogP contribution >= 0.6 is 11.6 Å². The van der Waals surface area contributed by atoms with Gasteiger partial charge in [-0.25, -0.2) is 0 Å². The van der Waals surface area contributed by atoms with E-state index in [4.69, 9.17) is 30.5 Å². The molecule has 7 nitrogen and oxygen atoms in total. The maximum absolute atomic E-state index is 12.1. The Morgan fingerprint density at radius 2 is 1.59 bits per heavy atom. The van der Waals surface area contributed by atoms with Gasteiger partial charge >= 0.3 is 0 Å². The normalized spacial score (nSPS) is 19.4. The zero-order valence-corrected chi connectivity index (χ0v) is 21.2. The Morgan fingerprint density at radius 3 is 2.38 bits per heavy atom. The Labute approximate surface area is 220 Å². The smallest absolute Gasteiger partial charge is 0.231 e. The van der Waals surface area contributed by atoms with Crippen molar-refractivity contribution in [1.29, 1.82) is 0 Å². The van der Waals surface area contributed by atoms with E-state index in [0.29, 0.717) is 12.8 Å². The van der Waals surface area contributed by atoms with Gasteiger partial charge in [-0.15, -0.1) is 11.6 Å². The first-order valence-corrected chi connectivity index (χ1v) is 13.2. The first-order chi connectivity index (χ1) is 18.0. The largest absolute Gasteiger partial charge is 0.454 e. The summed E-state index contributed by atoms with van der Waals surface area (Å²) in [5.41, 5.74) is 6.42. The molecule has 0 bridgehead atoms. The van der Waals surface area contributed by atoms with Crippen LogP contribution in [0.25, 0.3) is 5.57 Å². The number of Topliss-reactive ketones (excluding diaryl/α,β-unsaturated/α-hetero) is 1. The summed E-state index contributed by atoms with van der Waals surface area (Å²) in [6, 6.07) is 9.78. The van der Waals surface area contributed by atoms with Gasteiger partial charge < -0.3 is 24.3 Å². The molecule has 5 aliphatic rings. The molecule has 1 N–H and O–H groups in total. The van der Waals surface area contributed by atoms with E-state index in [-0.39, 0.29) is 30.5 Å². The Bertz CT molecular complexity index is 1330. The maximum atomic E-state index is 12.1. The minimum Gasteiger partial charge on any atom is -0.454 e. The number of ether oxygens (including phenoxy) is 4.